The van der Waals surface area contributed by atoms with Crippen LogP contribution in [0.1, 0.15) is 48.7 Å². The van der Waals surface area contributed by atoms with Crippen molar-refractivity contribution in [1.29, 1.82) is 0 Å². The van der Waals surface area contributed by atoms with Crippen molar-refractivity contribution < 1.29 is 31.5 Å². The lowest BCUT2D eigenvalue weighted by atomic mass is 9.99. The third kappa shape index (κ3) is 5.85. The number of pyridine rings is 1. The molecule has 2 heterocycles. The maximum atomic E-state index is 14.1. The van der Waals surface area contributed by atoms with Crippen LogP contribution in [0.2, 0.25) is 0 Å². The summed E-state index contributed by atoms with van der Waals surface area (Å²) in [6.45, 7) is 6.19. The maximum absolute atomic E-state index is 14.1. The largest absolute Gasteiger partial charge is 0.418 e. The Morgan fingerprint density at radius 1 is 1.38 bits per heavy atom. The molecule has 1 atom stereocenters. The second-order valence-electron chi connectivity index (χ2n) is 7.99. The molecule has 1 aromatic heterocycles. The number of aromatic nitrogens is 1. The third-order valence-corrected chi connectivity index (χ3v) is 5.12. The fraction of sp³-hybridized carbons (Fsp3) is 0.545. The lowest BCUT2D eigenvalue weighted by molar-refractivity contribution is -0.138. The summed E-state index contributed by atoms with van der Waals surface area (Å²) >= 11 is 0. The lowest BCUT2D eigenvalue weighted by Gasteiger charge is -2.38. The normalized spacial score (nSPS) is 19.7. The quantitative estimate of drug-likeness (QED) is 0.472. The van der Waals surface area contributed by atoms with Gasteiger partial charge in [0.1, 0.15) is 11.9 Å². The molecule has 0 aliphatic carbocycles. The van der Waals surface area contributed by atoms with Crippen LogP contribution in [0.3, 0.4) is 0 Å². The molecular formula is C22H28F5N3O2. The zero-order valence-corrected chi connectivity index (χ0v) is 18.7. The molecule has 0 radical (unpaired) electrons. The van der Waals surface area contributed by atoms with E-state index < -0.39 is 36.1 Å². The number of alkyl halides is 5. The fourth-order valence-electron chi connectivity index (χ4n) is 3.57. The number of amides is 1. The van der Waals surface area contributed by atoms with Crippen molar-refractivity contribution in [2.45, 2.75) is 52.3 Å². The van der Waals surface area contributed by atoms with E-state index >= 15 is 0 Å². The Morgan fingerprint density at radius 2 is 2.03 bits per heavy atom. The predicted molar refractivity (Wildman–Crippen MR) is 112 cm³/mol. The molecule has 1 aromatic rings. The molecule has 1 amide bonds. The van der Waals surface area contributed by atoms with Gasteiger partial charge in [0.25, 0.3) is 11.8 Å². The SMILES string of the molecule is C/C=C\C(=C/C(C)C)NC(=O)c1c(N2CCC(F)(F)C(OC)C2)ncc(C(F)(F)F)c1C. The molecule has 0 saturated carbocycles. The van der Waals surface area contributed by atoms with E-state index in [9.17, 15) is 26.7 Å². The van der Waals surface area contributed by atoms with Crippen LogP contribution in [0.4, 0.5) is 27.8 Å². The van der Waals surface area contributed by atoms with Gasteiger partial charge in [-0.15, -0.1) is 0 Å². The van der Waals surface area contributed by atoms with Crippen LogP contribution < -0.4 is 10.2 Å². The van der Waals surface area contributed by atoms with E-state index in [1.165, 1.54) is 11.8 Å². The first-order chi connectivity index (χ1) is 14.8. The van der Waals surface area contributed by atoms with E-state index in [4.69, 9.17) is 4.74 Å². The number of carbonyl (C=O) groups excluding carboxylic acids is 1. The molecule has 2 rings (SSSR count). The average molecular weight is 461 g/mol. The van der Waals surface area contributed by atoms with Crippen molar-refractivity contribution in [1.82, 2.24) is 10.3 Å². The van der Waals surface area contributed by atoms with Crippen LogP contribution in [0.15, 0.2) is 30.1 Å². The van der Waals surface area contributed by atoms with E-state index in [-0.39, 0.29) is 36.0 Å². The number of rotatable bonds is 6. The predicted octanol–water partition coefficient (Wildman–Crippen LogP) is 5.12. The van der Waals surface area contributed by atoms with Crippen molar-refractivity contribution in [3.63, 3.8) is 0 Å². The Kier molecular flexibility index (Phi) is 8.03. The van der Waals surface area contributed by atoms with Crippen LogP contribution in [0, 0.1) is 12.8 Å². The first-order valence-corrected chi connectivity index (χ1v) is 10.2. The molecular weight excluding hydrogens is 433 g/mol. The third-order valence-electron chi connectivity index (χ3n) is 5.12. The van der Waals surface area contributed by atoms with Crippen molar-refractivity contribution >= 4 is 11.7 Å². The van der Waals surface area contributed by atoms with Gasteiger partial charge in [-0.05, 0) is 31.4 Å². The lowest BCUT2D eigenvalue weighted by Crippen LogP contribution is -2.52. The fourth-order valence-corrected chi connectivity index (χ4v) is 3.57. The zero-order valence-electron chi connectivity index (χ0n) is 18.7. The van der Waals surface area contributed by atoms with Crippen molar-refractivity contribution in [3.8, 4) is 0 Å². The van der Waals surface area contributed by atoms with E-state index in [2.05, 4.69) is 10.3 Å². The standard InChI is InChI=1S/C22H28F5N3O2/c1-6-7-15(10-13(2)3)29-20(31)18-14(4)16(22(25,26)27)11-28-19(18)30-9-8-21(23,24)17(12-30)32-5/h6-7,10-11,13,17H,8-9,12H2,1-5H3,(H,29,31)/b7-6-,15-10+. The molecule has 1 aliphatic rings. The van der Waals surface area contributed by atoms with E-state index in [0.717, 1.165) is 7.11 Å². The minimum absolute atomic E-state index is 0.0634. The van der Waals surface area contributed by atoms with Gasteiger partial charge in [0.15, 0.2) is 0 Å². The van der Waals surface area contributed by atoms with Gasteiger partial charge in [-0.1, -0.05) is 26.0 Å². The number of halogens is 5. The van der Waals surface area contributed by atoms with Gasteiger partial charge in [0.05, 0.1) is 17.7 Å². The highest BCUT2D eigenvalue weighted by Gasteiger charge is 2.46. The summed E-state index contributed by atoms with van der Waals surface area (Å²) in [5, 5.41) is 2.63. The number of carbonyl (C=O) groups is 1. The number of nitrogens with one attached hydrogen (secondary N) is 1. The van der Waals surface area contributed by atoms with Gasteiger partial charge in [0, 0.05) is 32.0 Å². The van der Waals surface area contributed by atoms with E-state index in [0.29, 0.717) is 11.9 Å². The van der Waals surface area contributed by atoms with Crippen LogP contribution >= 0.6 is 0 Å². The molecule has 1 N–H and O–H groups in total. The first kappa shape index (κ1) is 25.8. The highest BCUT2D eigenvalue weighted by molar-refractivity contribution is 6.01. The summed E-state index contributed by atoms with van der Waals surface area (Å²) in [4.78, 5) is 18.4. The molecule has 178 valence electrons. The molecule has 1 saturated heterocycles. The Balaban J connectivity index is 2.57. The molecule has 0 bridgehead atoms. The monoisotopic (exact) mass is 461 g/mol. The molecule has 1 fully saturated rings. The van der Waals surface area contributed by atoms with Crippen LogP contribution in [0.25, 0.3) is 0 Å². The second-order valence-corrected chi connectivity index (χ2v) is 7.99. The van der Waals surface area contributed by atoms with Gasteiger partial charge in [-0.3, -0.25) is 4.79 Å². The molecule has 5 nitrogen and oxygen atoms in total. The maximum Gasteiger partial charge on any atom is 0.418 e. The zero-order chi connectivity index (χ0) is 24.3. The van der Waals surface area contributed by atoms with E-state index in [1.807, 2.05) is 13.8 Å². The number of ether oxygens (including phenoxy) is 1. The summed E-state index contributed by atoms with van der Waals surface area (Å²) in [5.74, 6) is -3.91. The summed E-state index contributed by atoms with van der Waals surface area (Å²) in [5.41, 5.74) is -1.28. The molecule has 0 aromatic carbocycles. The number of piperidine rings is 1. The average Bonchev–Trinajstić information content (AvgIpc) is 2.66. The van der Waals surface area contributed by atoms with Crippen LogP contribution in [-0.2, 0) is 10.9 Å². The number of hydrogen-bond donors (Lipinski definition) is 1. The second kappa shape index (κ2) is 9.97. The smallest absolute Gasteiger partial charge is 0.373 e. The molecule has 0 spiro atoms. The summed E-state index contributed by atoms with van der Waals surface area (Å²) in [7, 11) is 1.14. The molecule has 10 heteroatoms. The Labute approximate surface area is 184 Å². The summed E-state index contributed by atoms with van der Waals surface area (Å²) in [6.07, 6.45) is -1.10. The highest BCUT2D eigenvalue weighted by atomic mass is 19.4. The first-order valence-electron chi connectivity index (χ1n) is 10.2. The summed E-state index contributed by atoms with van der Waals surface area (Å²) in [6, 6.07) is 0. The van der Waals surface area contributed by atoms with Gasteiger partial charge in [-0.2, -0.15) is 13.2 Å². The van der Waals surface area contributed by atoms with Crippen molar-refractivity contribution in [3.05, 3.63) is 46.8 Å². The molecule has 32 heavy (non-hydrogen) atoms. The number of nitrogens with zero attached hydrogens (tertiary/aromatic N) is 2. The van der Waals surface area contributed by atoms with Gasteiger partial charge >= 0.3 is 6.18 Å². The highest BCUT2D eigenvalue weighted by Crippen LogP contribution is 2.38. The molecule has 1 unspecified atom stereocenters. The van der Waals surface area contributed by atoms with Crippen molar-refractivity contribution in [2.24, 2.45) is 5.92 Å². The topological polar surface area (TPSA) is 54.5 Å². The van der Waals surface area contributed by atoms with Gasteiger partial charge in [-0.25, -0.2) is 13.8 Å². The number of methoxy groups -OCH3 is 1. The van der Waals surface area contributed by atoms with Crippen LogP contribution in [-0.4, -0.2) is 43.1 Å². The Morgan fingerprint density at radius 3 is 2.56 bits per heavy atom. The van der Waals surface area contributed by atoms with Crippen molar-refractivity contribution in [2.75, 3.05) is 25.1 Å². The number of hydrogen-bond acceptors (Lipinski definition) is 4. The Hall–Kier alpha value is -2.49. The molecule has 1 aliphatic heterocycles. The van der Waals surface area contributed by atoms with Gasteiger partial charge in [0.2, 0.25) is 0 Å². The summed E-state index contributed by atoms with van der Waals surface area (Å²) < 4.78 is 73.6. The minimum Gasteiger partial charge on any atom is -0.373 e. The number of anilines is 1. The minimum atomic E-state index is -4.73. The van der Waals surface area contributed by atoms with E-state index in [1.54, 1.807) is 25.2 Å². The van der Waals surface area contributed by atoms with Gasteiger partial charge < -0.3 is 15.0 Å². The van der Waals surface area contributed by atoms with Crippen LogP contribution in [0.5, 0.6) is 0 Å². The Bertz CT molecular complexity index is 894. The number of allylic oxidation sites excluding steroid dienone is 3.